The molecule has 1 saturated heterocycles. The predicted molar refractivity (Wildman–Crippen MR) is 89.6 cm³/mol. The molecule has 0 unspecified atom stereocenters. The van der Waals surface area contributed by atoms with E-state index in [1.54, 1.807) is 12.3 Å². The van der Waals surface area contributed by atoms with Crippen LogP contribution in [-0.2, 0) is 0 Å². The van der Waals surface area contributed by atoms with Gasteiger partial charge in [-0.25, -0.2) is 4.98 Å². The molecule has 4 nitrogen and oxygen atoms in total. The van der Waals surface area contributed by atoms with Crippen molar-refractivity contribution in [2.24, 2.45) is 0 Å². The first-order chi connectivity index (χ1) is 10.7. The first-order valence-electron chi connectivity index (χ1n) is 7.29. The highest BCUT2D eigenvalue weighted by atomic mass is 35.5. The SMILES string of the molecule is Cc1ccc(Cl)cc1N1CCN(c2cc(C#N)ccn2)CC1. The van der Waals surface area contributed by atoms with Gasteiger partial charge in [-0.05, 0) is 36.8 Å². The molecular weight excluding hydrogens is 296 g/mol. The van der Waals surface area contributed by atoms with Gasteiger partial charge in [0.25, 0.3) is 0 Å². The number of nitriles is 1. The third kappa shape index (κ3) is 3.00. The lowest BCUT2D eigenvalue weighted by atomic mass is 10.1. The van der Waals surface area contributed by atoms with Crippen LogP contribution < -0.4 is 9.80 Å². The van der Waals surface area contributed by atoms with Gasteiger partial charge in [0, 0.05) is 43.1 Å². The molecule has 0 spiro atoms. The van der Waals surface area contributed by atoms with Crippen molar-refractivity contribution < 1.29 is 0 Å². The molecule has 2 heterocycles. The van der Waals surface area contributed by atoms with Crippen molar-refractivity contribution in [3.05, 3.63) is 52.7 Å². The fourth-order valence-corrected chi connectivity index (χ4v) is 2.93. The molecule has 2 aromatic rings. The van der Waals surface area contributed by atoms with Crippen LogP contribution in [-0.4, -0.2) is 31.2 Å². The molecule has 5 heteroatoms. The Kier molecular flexibility index (Phi) is 4.17. The van der Waals surface area contributed by atoms with Gasteiger partial charge < -0.3 is 9.80 Å². The van der Waals surface area contributed by atoms with E-state index in [-0.39, 0.29) is 0 Å². The summed E-state index contributed by atoms with van der Waals surface area (Å²) >= 11 is 6.12. The van der Waals surface area contributed by atoms with Crippen molar-refractivity contribution >= 4 is 23.1 Å². The Balaban J connectivity index is 1.72. The Labute approximate surface area is 135 Å². The Morgan fingerprint density at radius 1 is 1.09 bits per heavy atom. The molecule has 0 amide bonds. The topological polar surface area (TPSA) is 43.2 Å². The van der Waals surface area contributed by atoms with Gasteiger partial charge >= 0.3 is 0 Å². The zero-order valence-electron chi connectivity index (χ0n) is 12.5. The van der Waals surface area contributed by atoms with Gasteiger partial charge in [-0.15, -0.1) is 0 Å². The van der Waals surface area contributed by atoms with E-state index in [2.05, 4.69) is 33.8 Å². The lowest BCUT2D eigenvalue weighted by Crippen LogP contribution is -2.47. The van der Waals surface area contributed by atoms with Crippen LogP contribution in [0.3, 0.4) is 0 Å². The number of rotatable bonds is 2. The number of piperazine rings is 1. The van der Waals surface area contributed by atoms with E-state index >= 15 is 0 Å². The maximum Gasteiger partial charge on any atom is 0.129 e. The third-order valence-corrected chi connectivity index (χ3v) is 4.23. The van der Waals surface area contributed by atoms with Gasteiger partial charge in [0.1, 0.15) is 5.82 Å². The maximum absolute atomic E-state index is 8.99. The maximum atomic E-state index is 8.99. The molecular formula is C17H17ClN4. The summed E-state index contributed by atoms with van der Waals surface area (Å²) in [6.07, 6.45) is 1.70. The Bertz CT molecular complexity index is 715. The van der Waals surface area contributed by atoms with Crippen molar-refractivity contribution in [2.75, 3.05) is 36.0 Å². The van der Waals surface area contributed by atoms with E-state index in [0.29, 0.717) is 5.56 Å². The third-order valence-electron chi connectivity index (χ3n) is 3.99. The smallest absolute Gasteiger partial charge is 0.129 e. The van der Waals surface area contributed by atoms with Crippen molar-refractivity contribution in [3.8, 4) is 6.07 Å². The quantitative estimate of drug-likeness (QED) is 0.854. The van der Waals surface area contributed by atoms with Gasteiger partial charge in [0.2, 0.25) is 0 Å². The summed E-state index contributed by atoms with van der Waals surface area (Å²) in [7, 11) is 0. The van der Waals surface area contributed by atoms with Crippen molar-refractivity contribution in [2.45, 2.75) is 6.92 Å². The average molecular weight is 313 g/mol. The second-order valence-corrected chi connectivity index (χ2v) is 5.86. The average Bonchev–Trinajstić information content (AvgIpc) is 2.57. The standard InChI is InChI=1S/C17H17ClN4/c1-13-2-3-15(18)11-16(13)21-6-8-22(9-7-21)17-10-14(12-19)4-5-20-17/h2-5,10-11H,6-9H2,1H3. The lowest BCUT2D eigenvalue weighted by Gasteiger charge is -2.37. The van der Waals surface area contributed by atoms with E-state index in [1.807, 2.05) is 18.2 Å². The fraction of sp³-hybridized carbons (Fsp3) is 0.294. The molecule has 0 bridgehead atoms. The first kappa shape index (κ1) is 14.7. The molecule has 1 aliphatic rings. The number of anilines is 2. The first-order valence-corrected chi connectivity index (χ1v) is 7.67. The number of aromatic nitrogens is 1. The molecule has 0 saturated carbocycles. The van der Waals surface area contributed by atoms with Gasteiger partial charge in [0.15, 0.2) is 0 Å². The van der Waals surface area contributed by atoms with Crippen LogP contribution in [0, 0.1) is 18.3 Å². The van der Waals surface area contributed by atoms with Crippen LogP contribution in [0.15, 0.2) is 36.5 Å². The zero-order valence-corrected chi connectivity index (χ0v) is 13.2. The Hall–Kier alpha value is -2.25. The summed E-state index contributed by atoms with van der Waals surface area (Å²) < 4.78 is 0. The summed E-state index contributed by atoms with van der Waals surface area (Å²) in [6, 6.07) is 11.8. The van der Waals surface area contributed by atoms with Crippen LogP contribution >= 0.6 is 11.6 Å². The molecule has 1 aromatic carbocycles. The van der Waals surface area contributed by atoms with Crippen LogP contribution in [0.5, 0.6) is 0 Å². The number of halogens is 1. The molecule has 3 rings (SSSR count). The monoisotopic (exact) mass is 312 g/mol. The lowest BCUT2D eigenvalue weighted by molar-refractivity contribution is 0.646. The summed E-state index contributed by atoms with van der Waals surface area (Å²) in [6.45, 7) is 5.71. The summed E-state index contributed by atoms with van der Waals surface area (Å²) in [5.41, 5.74) is 3.09. The highest BCUT2D eigenvalue weighted by Gasteiger charge is 2.19. The molecule has 0 atom stereocenters. The normalized spacial score (nSPS) is 14.8. The van der Waals surface area contributed by atoms with Gasteiger partial charge in [-0.1, -0.05) is 17.7 Å². The van der Waals surface area contributed by atoms with Gasteiger partial charge in [-0.2, -0.15) is 5.26 Å². The van der Waals surface area contributed by atoms with E-state index in [0.717, 1.165) is 37.0 Å². The zero-order chi connectivity index (χ0) is 15.5. The molecule has 1 fully saturated rings. The summed E-state index contributed by atoms with van der Waals surface area (Å²) in [5, 5.41) is 9.76. The van der Waals surface area contributed by atoms with Gasteiger partial charge in [0.05, 0.1) is 11.6 Å². The van der Waals surface area contributed by atoms with E-state index in [9.17, 15) is 0 Å². The van der Waals surface area contributed by atoms with Crippen molar-refractivity contribution in [3.63, 3.8) is 0 Å². The van der Waals surface area contributed by atoms with Gasteiger partial charge in [-0.3, -0.25) is 0 Å². The van der Waals surface area contributed by atoms with E-state index < -0.39 is 0 Å². The minimum atomic E-state index is 0.651. The van der Waals surface area contributed by atoms with Crippen molar-refractivity contribution in [1.82, 2.24) is 4.98 Å². The van der Waals surface area contributed by atoms with Crippen LogP contribution in [0.1, 0.15) is 11.1 Å². The molecule has 0 radical (unpaired) electrons. The highest BCUT2D eigenvalue weighted by Crippen LogP contribution is 2.26. The van der Waals surface area contributed by atoms with Crippen LogP contribution in [0.25, 0.3) is 0 Å². The molecule has 112 valence electrons. The van der Waals surface area contributed by atoms with Crippen LogP contribution in [0.2, 0.25) is 5.02 Å². The Morgan fingerprint density at radius 2 is 1.82 bits per heavy atom. The van der Waals surface area contributed by atoms with Crippen LogP contribution in [0.4, 0.5) is 11.5 Å². The number of hydrogen-bond donors (Lipinski definition) is 0. The minimum absolute atomic E-state index is 0.651. The minimum Gasteiger partial charge on any atom is -0.368 e. The largest absolute Gasteiger partial charge is 0.368 e. The van der Waals surface area contributed by atoms with E-state index in [1.165, 1.54) is 11.3 Å². The number of hydrogen-bond acceptors (Lipinski definition) is 4. The Morgan fingerprint density at radius 3 is 2.55 bits per heavy atom. The number of benzene rings is 1. The van der Waals surface area contributed by atoms with Crippen molar-refractivity contribution in [1.29, 1.82) is 5.26 Å². The second-order valence-electron chi connectivity index (χ2n) is 5.42. The molecule has 1 aromatic heterocycles. The molecule has 0 aliphatic carbocycles. The van der Waals surface area contributed by atoms with E-state index in [4.69, 9.17) is 16.9 Å². The number of aryl methyl sites for hydroxylation is 1. The molecule has 0 N–H and O–H groups in total. The molecule has 22 heavy (non-hydrogen) atoms. The highest BCUT2D eigenvalue weighted by molar-refractivity contribution is 6.30. The summed E-state index contributed by atoms with van der Waals surface area (Å²) in [5.74, 6) is 0.876. The number of nitrogens with zero attached hydrogens (tertiary/aromatic N) is 4. The number of pyridine rings is 1. The molecule has 1 aliphatic heterocycles. The fourth-order valence-electron chi connectivity index (χ4n) is 2.76. The summed E-state index contributed by atoms with van der Waals surface area (Å²) in [4.78, 5) is 8.95. The second kappa shape index (κ2) is 6.25. The predicted octanol–water partition coefficient (Wildman–Crippen LogP) is 3.24.